The number of hydrogen-bond acceptors (Lipinski definition) is 2. The highest BCUT2D eigenvalue weighted by molar-refractivity contribution is 4.85. The summed E-state index contributed by atoms with van der Waals surface area (Å²) in [6.45, 7) is 18.0. The first-order valence-electron chi connectivity index (χ1n) is 7.03. The lowest BCUT2D eigenvalue weighted by Gasteiger charge is -2.24. The van der Waals surface area contributed by atoms with Crippen molar-refractivity contribution in [3.8, 4) is 0 Å². The highest BCUT2D eigenvalue weighted by Gasteiger charge is 2.04. The third-order valence-corrected chi connectivity index (χ3v) is 2.33. The van der Waals surface area contributed by atoms with Crippen molar-refractivity contribution in [2.75, 3.05) is 26.2 Å². The van der Waals surface area contributed by atoms with Gasteiger partial charge in [0.05, 0.1) is 0 Å². The van der Waals surface area contributed by atoms with Crippen LogP contribution < -0.4 is 5.32 Å². The molecule has 2 heteroatoms. The molecule has 0 amide bonds. The van der Waals surface area contributed by atoms with E-state index in [1.54, 1.807) is 0 Å². The minimum atomic E-state index is 0.724. The lowest BCUT2D eigenvalue weighted by Crippen LogP contribution is -2.27. The van der Waals surface area contributed by atoms with Gasteiger partial charge in [0.1, 0.15) is 0 Å². The van der Waals surface area contributed by atoms with Crippen molar-refractivity contribution in [1.29, 1.82) is 0 Å². The van der Waals surface area contributed by atoms with Crippen molar-refractivity contribution >= 4 is 0 Å². The Labute approximate surface area is 108 Å². The molecule has 0 bridgehead atoms. The molecule has 1 N–H and O–H groups in total. The molecule has 0 atom stereocenters. The van der Waals surface area contributed by atoms with Gasteiger partial charge in [-0.15, -0.1) is 0 Å². The first-order chi connectivity index (χ1) is 7.91. The smallest absolute Gasteiger partial charge is 0.0195 e. The van der Waals surface area contributed by atoms with E-state index in [0.29, 0.717) is 0 Å². The van der Waals surface area contributed by atoms with Crippen LogP contribution in [-0.4, -0.2) is 31.1 Å². The van der Waals surface area contributed by atoms with E-state index in [9.17, 15) is 0 Å². The fourth-order valence-electron chi connectivity index (χ4n) is 1.79. The fraction of sp³-hybridized carbons (Fsp3) is 0.867. The van der Waals surface area contributed by atoms with Crippen LogP contribution in [0.15, 0.2) is 12.3 Å². The Morgan fingerprint density at radius 3 is 1.82 bits per heavy atom. The molecule has 102 valence electrons. The topological polar surface area (TPSA) is 15.3 Å². The van der Waals surface area contributed by atoms with Gasteiger partial charge in [-0.05, 0) is 30.5 Å². The van der Waals surface area contributed by atoms with Gasteiger partial charge in [0.25, 0.3) is 0 Å². The Hall–Kier alpha value is -0.500. The third kappa shape index (κ3) is 11.8. The summed E-state index contributed by atoms with van der Waals surface area (Å²) in [4.78, 5) is 2.44. The molecule has 0 radical (unpaired) electrons. The highest BCUT2D eigenvalue weighted by atomic mass is 15.1. The lowest BCUT2D eigenvalue weighted by molar-refractivity contribution is 0.296. The van der Waals surface area contributed by atoms with Crippen molar-refractivity contribution in [3.05, 3.63) is 12.3 Å². The summed E-state index contributed by atoms with van der Waals surface area (Å²) in [7, 11) is 0. The van der Waals surface area contributed by atoms with E-state index in [-0.39, 0.29) is 0 Å². The number of hydrogen-bond donors (Lipinski definition) is 1. The maximum absolute atomic E-state index is 3.43. The second-order valence-electron chi connectivity index (χ2n) is 6.18. The summed E-state index contributed by atoms with van der Waals surface area (Å²) in [5.74, 6) is 2.18. The molecule has 17 heavy (non-hydrogen) atoms. The van der Waals surface area contributed by atoms with E-state index < -0.39 is 0 Å². The van der Waals surface area contributed by atoms with Crippen LogP contribution in [-0.2, 0) is 0 Å². The first kappa shape index (κ1) is 16.5. The van der Waals surface area contributed by atoms with Gasteiger partial charge < -0.3 is 10.2 Å². The quantitative estimate of drug-likeness (QED) is 0.622. The molecule has 0 aromatic carbocycles. The molecule has 0 spiro atoms. The zero-order chi connectivity index (χ0) is 13.3. The van der Waals surface area contributed by atoms with Crippen LogP contribution in [0.3, 0.4) is 0 Å². The normalized spacial score (nSPS) is 12.3. The molecular formula is C15H32N2. The van der Waals surface area contributed by atoms with E-state index >= 15 is 0 Å². The van der Waals surface area contributed by atoms with Crippen molar-refractivity contribution in [3.63, 3.8) is 0 Å². The van der Waals surface area contributed by atoms with Gasteiger partial charge in [-0.1, -0.05) is 47.6 Å². The number of nitrogens with one attached hydrogen (secondary N) is 1. The minimum Gasteiger partial charge on any atom is -0.377 e. The van der Waals surface area contributed by atoms with Crippen LogP contribution in [0.2, 0.25) is 0 Å². The molecule has 0 aliphatic heterocycles. The summed E-state index contributed by atoms with van der Waals surface area (Å²) in [5.41, 5.74) is 0. The zero-order valence-corrected chi connectivity index (χ0v) is 12.7. The summed E-state index contributed by atoms with van der Waals surface area (Å²) < 4.78 is 0. The first-order valence-corrected chi connectivity index (χ1v) is 7.03. The average Bonchev–Trinajstić information content (AvgIpc) is 2.14. The van der Waals surface area contributed by atoms with Gasteiger partial charge in [-0.25, -0.2) is 0 Å². The van der Waals surface area contributed by atoms with Crippen LogP contribution in [0.5, 0.6) is 0 Å². The van der Waals surface area contributed by atoms with Gasteiger partial charge >= 0.3 is 0 Å². The Morgan fingerprint density at radius 2 is 1.41 bits per heavy atom. The van der Waals surface area contributed by atoms with E-state index in [1.165, 1.54) is 0 Å². The molecule has 0 aromatic rings. The Kier molecular flexibility index (Phi) is 9.24. The SMILES string of the molecule is CC(C)CNCC=CN(CC(C)C)CC(C)C. The van der Waals surface area contributed by atoms with Crippen LogP contribution in [0.25, 0.3) is 0 Å². The predicted molar refractivity (Wildman–Crippen MR) is 78.1 cm³/mol. The fourth-order valence-corrected chi connectivity index (χ4v) is 1.79. The van der Waals surface area contributed by atoms with Crippen LogP contribution >= 0.6 is 0 Å². The largest absolute Gasteiger partial charge is 0.377 e. The molecule has 0 heterocycles. The Balaban J connectivity index is 3.91. The highest BCUT2D eigenvalue weighted by Crippen LogP contribution is 2.04. The average molecular weight is 240 g/mol. The molecule has 0 fully saturated rings. The Bertz CT molecular complexity index is 185. The van der Waals surface area contributed by atoms with Crippen molar-refractivity contribution in [1.82, 2.24) is 10.2 Å². The van der Waals surface area contributed by atoms with Crippen LogP contribution in [0.1, 0.15) is 41.5 Å². The minimum absolute atomic E-state index is 0.724. The molecule has 0 aliphatic rings. The monoisotopic (exact) mass is 240 g/mol. The van der Waals surface area contributed by atoms with Crippen molar-refractivity contribution in [2.45, 2.75) is 41.5 Å². The molecular weight excluding hydrogens is 208 g/mol. The number of rotatable bonds is 9. The molecule has 0 saturated heterocycles. The third-order valence-electron chi connectivity index (χ3n) is 2.33. The summed E-state index contributed by atoms with van der Waals surface area (Å²) >= 11 is 0. The number of nitrogens with zero attached hydrogens (tertiary/aromatic N) is 1. The Morgan fingerprint density at radius 1 is 0.882 bits per heavy atom. The van der Waals surface area contributed by atoms with Gasteiger partial charge in [-0.2, -0.15) is 0 Å². The molecule has 0 unspecified atom stereocenters. The second kappa shape index (κ2) is 9.52. The maximum atomic E-state index is 3.43. The van der Waals surface area contributed by atoms with Crippen LogP contribution in [0.4, 0.5) is 0 Å². The summed E-state index contributed by atoms with van der Waals surface area (Å²) in [6, 6.07) is 0. The molecule has 0 aromatic heterocycles. The maximum Gasteiger partial charge on any atom is 0.0195 e. The van der Waals surface area contributed by atoms with Gasteiger partial charge in [0, 0.05) is 19.6 Å². The van der Waals surface area contributed by atoms with Crippen molar-refractivity contribution < 1.29 is 0 Å². The molecule has 2 nitrogen and oxygen atoms in total. The van der Waals surface area contributed by atoms with Crippen LogP contribution in [0, 0.1) is 17.8 Å². The lowest BCUT2D eigenvalue weighted by atomic mass is 10.1. The van der Waals surface area contributed by atoms with E-state index in [1.807, 2.05) is 0 Å². The molecule has 0 aliphatic carbocycles. The van der Waals surface area contributed by atoms with Crippen molar-refractivity contribution in [2.24, 2.45) is 17.8 Å². The molecule has 0 rings (SSSR count). The van der Waals surface area contributed by atoms with E-state index in [4.69, 9.17) is 0 Å². The molecule has 0 saturated carbocycles. The summed E-state index contributed by atoms with van der Waals surface area (Å²) in [5, 5.41) is 3.43. The predicted octanol–water partition coefficient (Wildman–Crippen LogP) is 3.36. The zero-order valence-electron chi connectivity index (χ0n) is 12.7. The van der Waals surface area contributed by atoms with E-state index in [0.717, 1.165) is 43.9 Å². The second-order valence-corrected chi connectivity index (χ2v) is 6.18. The summed E-state index contributed by atoms with van der Waals surface area (Å²) in [6.07, 6.45) is 4.50. The van der Waals surface area contributed by atoms with E-state index in [2.05, 4.69) is 64.0 Å². The standard InChI is InChI=1S/C15H32N2/c1-13(2)10-16-8-7-9-17(11-14(3)4)12-15(5)6/h7,9,13-16H,8,10-12H2,1-6H3. The van der Waals surface area contributed by atoms with Gasteiger partial charge in [0.2, 0.25) is 0 Å². The van der Waals surface area contributed by atoms with Gasteiger partial charge in [0.15, 0.2) is 0 Å². The van der Waals surface area contributed by atoms with Gasteiger partial charge in [-0.3, -0.25) is 0 Å².